The second-order valence-electron chi connectivity index (χ2n) is 5.38. The first-order valence-corrected chi connectivity index (χ1v) is 8.61. The van der Waals surface area contributed by atoms with E-state index in [9.17, 15) is 9.90 Å². The molecule has 0 spiro atoms. The Labute approximate surface area is 141 Å². The van der Waals surface area contributed by atoms with E-state index in [1.807, 2.05) is 20.1 Å². The molecule has 23 heavy (non-hydrogen) atoms. The minimum Gasteiger partial charge on any atom is -0.508 e. The van der Waals surface area contributed by atoms with Crippen LogP contribution in [0.15, 0.2) is 36.4 Å². The first-order chi connectivity index (χ1) is 11.0. The van der Waals surface area contributed by atoms with Crippen molar-refractivity contribution in [2.24, 2.45) is 0 Å². The van der Waals surface area contributed by atoms with Crippen LogP contribution in [0.5, 0.6) is 17.2 Å². The maximum absolute atomic E-state index is 11.5. The topological polar surface area (TPSA) is 58.6 Å². The van der Waals surface area contributed by atoms with Gasteiger partial charge < -0.3 is 14.6 Å². The zero-order valence-corrected chi connectivity index (χ0v) is 14.4. The van der Waals surface area contributed by atoms with Crippen molar-refractivity contribution in [1.29, 1.82) is 0 Å². The van der Waals surface area contributed by atoms with Crippen LogP contribution in [0.1, 0.15) is 23.1 Å². The Balaban J connectivity index is 2.10. The van der Waals surface area contributed by atoms with Gasteiger partial charge in [0, 0.05) is 12.7 Å². The molecule has 0 saturated carbocycles. The fourth-order valence-corrected chi connectivity index (χ4v) is 2.73. The van der Waals surface area contributed by atoms with Gasteiger partial charge in [-0.05, 0) is 61.2 Å². The molecule has 0 bridgehead atoms. The van der Waals surface area contributed by atoms with Gasteiger partial charge in [0.2, 0.25) is 5.91 Å². The van der Waals surface area contributed by atoms with Crippen LogP contribution in [-0.4, -0.2) is 17.3 Å². The first-order valence-electron chi connectivity index (χ1n) is 7.38. The predicted octanol–water partition coefficient (Wildman–Crippen LogP) is 4.13. The Morgan fingerprint density at radius 3 is 2.35 bits per heavy atom. The van der Waals surface area contributed by atoms with Gasteiger partial charge in [0.25, 0.3) is 0 Å². The minimum absolute atomic E-state index is 0.0391. The van der Waals surface area contributed by atoms with E-state index >= 15 is 0 Å². The molecule has 0 aliphatic heterocycles. The molecular formula is C18H21NO3S. The second-order valence-corrected chi connectivity index (χ2v) is 6.00. The van der Waals surface area contributed by atoms with E-state index in [2.05, 4.69) is 16.9 Å². The van der Waals surface area contributed by atoms with Crippen molar-refractivity contribution in [3.63, 3.8) is 0 Å². The summed E-state index contributed by atoms with van der Waals surface area (Å²) in [5.41, 5.74) is 3.17. The number of aryl methyl sites for hydroxylation is 3. The van der Waals surface area contributed by atoms with Gasteiger partial charge in [0.15, 0.2) is 0 Å². The van der Waals surface area contributed by atoms with Crippen LogP contribution in [0, 0.1) is 13.8 Å². The van der Waals surface area contributed by atoms with Crippen molar-refractivity contribution in [2.45, 2.75) is 26.7 Å². The Morgan fingerprint density at radius 1 is 1.17 bits per heavy atom. The van der Waals surface area contributed by atoms with Crippen LogP contribution < -0.4 is 9.46 Å². The summed E-state index contributed by atoms with van der Waals surface area (Å²) in [7, 11) is 0. The summed E-state index contributed by atoms with van der Waals surface area (Å²) in [6.45, 7) is 3.99. The molecule has 0 heterocycles. The second kappa shape index (κ2) is 7.92. The lowest BCUT2D eigenvalue weighted by molar-refractivity contribution is -0.119. The molecule has 2 aromatic rings. The highest BCUT2D eigenvalue weighted by Gasteiger charge is 2.09. The Bertz CT molecular complexity index is 660. The Morgan fingerprint density at radius 2 is 1.78 bits per heavy atom. The molecule has 2 rings (SSSR count). The lowest BCUT2D eigenvalue weighted by Crippen LogP contribution is -2.15. The number of ether oxygens (including phenoxy) is 1. The normalized spacial score (nSPS) is 10.4. The van der Waals surface area contributed by atoms with E-state index in [4.69, 9.17) is 4.74 Å². The average molecular weight is 331 g/mol. The van der Waals surface area contributed by atoms with Gasteiger partial charge in [-0.2, -0.15) is 0 Å². The molecule has 0 aliphatic rings. The molecule has 0 aromatic heterocycles. The fraction of sp³-hybridized carbons (Fsp3) is 0.278. The molecular weight excluding hydrogens is 310 g/mol. The largest absolute Gasteiger partial charge is 0.508 e. The van der Waals surface area contributed by atoms with Crippen molar-refractivity contribution in [3.8, 4) is 17.2 Å². The average Bonchev–Trinajstić information content (AvgIpc) is 2.51. The van der Waals surface area contributed by atoms with Gasteiger partial charge in [0.1, 0.15) is 17.2 Å². The molecule has 0 fully saturated rings. The SMILES string of the molecule is CSNC(=O)CCc1cc(C)c(Oc2ccc(O)cc2)c(C)c1. The van der Waals surface area contributed by atoms with Crippen LogP contribution in [0.2, 0.25) is 0 Å². The molecule has 2 N–H and O–H groups in total. The number of rotatable bonds is 6. The van der Waals surface area contributed by atoms with Gasteiger partial charge in [-0.1, -0.05) is 24.1 Å². The Hall–Kier alpha value is -2.14. The highest BCUT2D eigenvalue weighted by Crippen LogP contribution is 2.31. The summed E-state index contributed by atoms with van der Waals surface area (Å²) in [5, 5.41) is 9.32. The van der Waals surface area contributed by atoms with Crippen molar-refractivity contribution in [1.82, 2.24) is 4.72 Å². The van der Waals surface area contributed by atoms with E-state index in [0.29, 0.717) is 18.6 Å². The monoisotopic (exact) mass is 331 g/mol. The van der Waals surface area contributed by atoms with Crippen molar-refractivity contribution in [2.75, 3.05) is 6.26 Å². The van der Waals surface area contributed by atoms with Crippen molar-refractivity contribution < 1.29 is 14.6 Å². The molecule has 0 aliphatic carbocycles. The van der Waals surface area contributed by atoms with Gasteiger partial charge in [-0.15, -0.1) is 0 Å². The summed E-state index contributed by atoms with van der Waals surface area (Å²) in [5.74, 6) is 1.75. The lowest BCUT2D eigenvalue weighted by Gasteiger charge is -2.14. The predicted molar refractivity (Wildman–Crippen MR) is 94.1 cm³/mol. The van der Waals surface area contributed by atoms with E-state index in [-0.39, 0.29) is 11.7 Å². The standard InChI is InChI=1S/C18H21NO3S/c1-12-10-14(4-9-17(21)19-23-3)11-13(2)18(12)22-16-7-5-15(20)6-8-16/h5-8,10-11,20H,4,9H2,1-3H3,(H,19,21). The molecule has 4 nitrogen and oxygen atoms in total. The number of hydrogen-bond acceptors (Lipinski definition) is 4. The summed E-state index contributed by atoms with van der Waals surface area (Å²) in [6, 6.07) is 10.8. The summed E-state index contributed by atoms with van der Waals surface area (Å²) in [4.78, 5) is 11.5. The third kappa shape index (κ3) is 4.93. The van der Waals surface area contributed by atoms with Gasteiger partial charge in [-0.25, -0.2) is 0 Å². The number of nitrogens with one attached hydrogen (secondary N) is 1. The van der Waals surface area contributed by atoms with Gasteiger partial charge in [-0.3, -0.25) is 4.79 Å². The molecule has 122 valence electrons. The summed E-state index contributed by atoms with van der Waals surface area (Å²) in [6.07, 6.45) is 3.01. The molecule has 5 heteroatoms. The molecule has 1 amide bonds. The number of hydrogen-bond donors (Lipinski definition) is 2. The minimum atomic E-state index is 0.0391. The highest BCUT2D eigenvalue weighted by atomic mass is 32.2. The third-order valence-corrected chi connectivity index (χ3v) is 3.87. The number of carbonyl (C=O) groups is 1. The number of carbonyl (C=O) groups excluding carboxylic acids is 1. The first kappa shape index (κ1) is 17.2. The quantitative estimate of drug-likeness (QED) is 0.782. The van der Waals surface area contributed by atoms with Gasteiger partial charge in [0.05, 0.1) is 0 Å². The lowest BCUT2D eigenvalue weighted by atomic mass is 10.0. The number of aromatic hydroxyl groups is 1. The number of benzene rings is 2. The maximum atomic E-state index is 11.5. The zero-order valence-electron chi connectivity index (χ0n) is 13.6. The van der Waals surface area contributed by atoms with Crippen molar-refractivity contribution in [3.05, 3.63) is 53.1 Å². The zero-order chi connectivity index (χ0) is 16.8. The van der Waals surface area contributed by atoms with E-state index in [0.717, 1.165) is 22.4 Å². The summed E-state index contributed by atoms with van der Waals surface area (Å²) >= 11 is 1.32. The number of phenolic OH excluding ortho intramolecular Hbond substituents is 1. The molecule has 0 atom stereocenters. The van der Waals surface area contributed by atoms with E-state index < -0.39 is 0 Å². The van der Waals surface area contributed by atoms with Crippen LogP contribution in [0.25, 0.3) is 0 Å². The third-order valence-electron chi connectivity index (χ3n) is 3.43. The van der Waals surface area contributed by atoms with E-state index in [1.54, 1.807) is 24.3 Å². The van der Waals surface area contributed by atoms with Crippen LogP contribution in [0.3, 0.4) is 0 Å². The molecule has 0 saturated heterocycles. The fourth-order valence-electron chi connectivity index (χ4n) is 2.40. The number of amides is 1. The van der Waals surface area contributed by atoms with Crippen LogP contribution in [-0.2, 0) is 11.2 Å². The molecule has 0 unspecified atom stereocenters. The Kier molecular flexibility index (Phi) is 5.93. The van der Waals surface area contributed by atoms with Crippen molar-refractivity contribution >= 4 is 17.9 Å². The number of phenols is 1. The van der Waals surface area contributed by atoms with E-state index in [1.165, 1.54) is 11.9 Å². The smallest absolute Gasteiger partial charge is 0.230 e. The molecule has 0 radical (unpaired) electrons. The van der Waals surface area contributed by atoms with Crippen LogP contribution >= 0.6 is 11.9 Å². The molecule has 2 aromatic carbocycles. The maximum Gasteiger partial charge on any atom is 0.230 e. The van der Waals surface area contributed by atoms with Crippen LogP contribution in [0.4, 0.5) is 0 Å². The summed E-state index contributed by atoms with van der Waals surface area (Å²) < 4.78 is 8.65. The highest BCUT2D eigenvalue weighted by molar-refractivity contribution is 7.97. The van der Waals surface area contributed by atoms with Gasteiger partial charge >= 0.3 is 0 Å².